The van der Waals surface area contributed by atoms with Crippen LogP contribution in [-0.2, 0) is 6.42 Å². The lowest BCUT2D eigenvalue weighted by Gasteiger charge is -2.21. The minimum Gasteiger partial charge on any atom is -0.396 e. The van der Waals surface area contributed by atoms with Crippen LogP contribution in [0.25, 0.3) is 0 Å². The molecule has 2 rings (SSSR count). The number of hydrazine groups is 1. The molecule has 1 unspecified atom stereocenters. The van der Waals surface area contributed by atoms with Crippen LogP contribution in [0.2, 0.25) is 0 Å². The highest BCUT2D eigenvalue weighted by molar-refractivity contribution is 5.58. The number of anilines is 2. The largest absolute Gasteiger partial charge is 0.396 e. The number of rotatable bonds is 6. The van der Waals surface area contributed by atoms with E-state index < -0.39 is 0 Å². The molecular formula is C14H25N5O. The summed E-state index contributed by atoms with van der Waals surface area (Å²) in [6, 6.07) is 0. The van der Waals surface area contributed by atoms with Crippen LogP contribution in [0.15, 0.2) is 0 Å². The first-order valence-corrected chi connectivity index (χ1v) is 7.39. The van der Waals surface area contributed by atoms with E-state index in [0.717, 1.165) is 56.0 Å². The minimum atomic E-state index is 0.262. The van der Waals surface area contributed by atoms with Crippen molar-refractivity contribution in [1.82, 2.24) is 9.97 Å². The zero-order valence-corrected chi connectivity index (χ0v) is 12.4. The Kier molecular flexibility index (Phi) is 5.14. The molecule has 1 aliphatic rings. The molecule has 2 heterocycles. The van der Waals surface area contributed by atoms with Gasteiger partial charge in [-0.25, -0.2) is 15.8 Å². The summed E-state index contributed by atoms with van der Waals surface area (Å²) in [5.74, 6) is 8.66. The average Bonchev–Trinajstić information content (AvgIpc) is 2.89. The van der Waals surface area contributed by atoms with Gasteiger partial charge in [-0.1, -0.05) is 6.92 Å². The summed E-state index contributed by atoms with van der Waals surface area (Å²) in [5.41, 5.74) is 3.67. The molecule has 0 aliphatic carbocycles. The summed E-state index contributed by atoms with van der Waals surface area (Å²) in [5, 5.41) is 9.06. The van der Waals surface area contributed by atoms with Crippen LogP contribution >= 0.6 is 0 Å². The molecule has 0 aromatic carbocycles. The minimum absolute atomic E-state index is 0.262. The van der Waals surface area contributed by atoms with Crippen LogP contribution in [0.4, 0.5) is 11.6 Å². The fourth-order valence-corrected chi connectivity index (χ4v) is 2.78. The van der Waals surface area contributed by atoms with Gasteiger partial charge in [0.1, 0.15) is 17.5 Å². The van der Waals surface area contributed by atoms with E-state index in [1.165, 1.54) is 0 Å². The molecule has 1 aliphatic heterocycles. The molecular weight excluding hydrogens is 254 g/mol. The van der Waals surface area contributed by atoms with Gasteiger partial charge in [-0.3, -0.25) is 0 Å². The number of hydrogen-bond acceptors (Lipinski definition) is 6. The van der Waals surface area contributed by atoms with Crippen molar-refractivity contribution in [2.45, 2.75) is 39.5 Å². The highest BCUT2D eigenvalue weighted by Crippen LogP contribution is 2.29. The van der Waals surface area contributed by atoms with Gasteiger partial charge in [-0.05, 0) is 32.1 Å². The number of nitrogen functional groups attached to an aromatic ring is 1. The third kappa shape index (κ3) is 3.19. The van der Waals surface area contributed by atoms with Crippen LogP contribution in [0.5, 0.6) is 0 Å². The van der Waals surface area contributed by atoms with Gasteiger partial charge in [0.05, 0.1) is 0 Å². The fourth-order valence-electron chi connectivity index (χ4n) is 2.78. The molecule has 0 radical (unpaired) electrons. The third-order valence-corrected chi connectivity index (χ3v) is 3.90. The van der Waals surface area contributed by atoms with E-state index in [0.29, 0.717) is 11.7 Å². The van der Waals surface area contributed by atoms with Crippen molar-refractivity contribution < 1.29 is 5.11 Å². The van der Waals surface area contributed by atoms with Crippen LogP contribution in [0.1, 0.15) is 37.6 Å². The molecule has 6 heteroatoms. The van der Waals surface area contributed by atoms with Gasteiger partial charge in [-0.15, -0.1) is 0 Å². The van der Waals surface area contributed by atoms with E-state index in [1.54, 1.807) is 0 Å². The Morgan fingerprint density at radius 1 is 1.45 bits per heavy atom. The molecule has 0 amide bonds. The van der Waals surface area contributed by atoms with Crippen LogP contribution in [-0.4, -0.2) is 34.8 Å². The Morgan fingerprint density at radius 2 is 2.25 bits per heavy atom. The number of aliphatic hydroxyl groups is 1. The molecule has 0 bridgehead atoms. The van der Waals surface area contributed by atoms with Gasteiger partial charge in [0.2, 0.25) is 0 Å². The van der Waals surface area contributed by atoms with Gasteiger partial charge in [0.25, 0.3) is 0 Å². The Bertz CT molecular complexity index is 451. The maximum Gasteiger partial charge on any atom is 0.148 e. The van der Waals surface area contributed by atoms with E-state index in [1.807, 2.05) is 6.92 Å². The summed E-state index contributed by atoms with van der Waals surface area (Å²) in [6.45, 7) is 6.31. The Labute approximate surface area is 120 Å². The van der Waals surface area contributed by atoms with Gasteiger partial charge in [-0.2, -0.15) is 0 Å². The van der Waals surface area contributed by atoms with Gasteiger partial charge in [0.15, 0.2) is 0 Å². The van der Waals surface area contributed by atoms with Crippen molar-refractivity contribution in [2.75, 3.05) is 30.0 Å². The molecule has 0 spiro atoms. The van der Waals surface area contributed by atoms with Crippen molar-refractivity contribution in [3.05, 3.63) is 11.4 Å². The Balaban J connectivity index is 2.24. The smallest absolute Gasteiger partial charge is 0.148 e. The van der Waals surface area contributed by atoms with Crippen molar-refractivity contribution in [3.63, 3.8) is 0 Å². The van der Waals surface area contributed by atoms with E-state index in [4.69, 9.17) is 15.9 Å². The van der Waals surface area contributed by atoms with Crippen LogP contribution < -0.4 is 16.2 Å². The molecule has 1 fully saturated rings. The maximum absolute atomic E-state index is 9.06. The number of nitrogens with one attached hydrogen (secondary N) is 1. The predicted molar refractivity (Wildman–Crippen MR) is 80.6 cm³/mol. The summed E-state index contributed by atoms with van der Waals surface area (Å²) in [4.78, 5) is 11.4. The van der Waals surface area contributed by atoms with Gasteiger partial charge in [0, 0.05) is 31.7 Å². The molecule has 6 nitrogen and oxygen atoms in total. The predicted octanol–water partition coefficient (Wildman–Crippen LogP) is 1.23. The normalized spacial score (nSPS) is 18.6. The summed E-state index contributed by atoms with van der Waals surface area (Å²) >= 11 is 0. The maximum atomic E-state index is 9.06. The standard InChI is InChI=1S/C14H25N5O/c1-3-4-12-16-13(18-15)10(2)14(17-12)19-7-5-11(9-19)6-8-20/h11,20H,3-9,15H2,1-2H3,(H,16,17,18). The number of nitrogens with zero attached hydrogens (tertiary/aromatic N) is 3. The summed E-state index contributed by atoms with van der Waals surface area (Å²) in [7, 11) is 0. The molecule has 20 heavy (non-hydrogen) atoms. The van der Waals surface area contributed by atoms with Crippen molar-refractivity contribution in [2.24, 2.45) is 11.8 Å². The SMILES string of the molecule is CCCc1nc(NN)c(C)c(N2CCC(CCO)C2)n1. The van der Waals surface area contributed by atoms with Crippen LogP contribution in [0, 0.1) is 12.8 Å². The van der Waals surface area contributed by atoms with Gasteiger partial charge < -0.3 is 15.4 Å². The molecule has 4 N–H and O–H groups in total. The van der Waals surface area contributed by atoms with E-state index in [-0.39, 0.29) is 6.61 Å². The first kappa shape index (κ1) is 15.0. The van der Waals surface area contributed by atoms with Crippen molar-refractivity contribution in [3.8, 4) is 0 Å². The molecule has 112 valence electrons. The molecule has 1 aromatic heterocycles. The lowest BCUT2D eigenvalue weighted by molar-refractivity contribution is 0.263. The monoisotopic (exact) mass is 279 g/mol. The van der Waals surface area contributed by atoms with Crippen molar-refractivity contribution >= 4 is 11.6 Å². The highest BCUT2D eigenvalue weighted by Gasteiger charge is 2.25. The number of aryl methyl sites for hydroxylation is 1. The molecule has 1 atom stereocenters. The highest BCUT2D eigenvalue weighted by atomic mass is 16.3. The lowest BCUT2D eigenvalue weighted by atomic mass is 10.1. The fraction of sp³-hybridized carbons (Fsp3) is 0.714. The number of aliphatic hydroxyl groups excluding tert-OH is 1. The van der Waals surface area contributed by atoms with E-state index in [2.05, 4.69) is 22.2 Å². The topological polar surface area (TPSA) is 87.3 Å². The molecule has 1 saturated heterocycles. The lowest BCUT2D eigenvalue weighted by Crippen LogP contribution is -2.24. The first-order valence-electron chi connectivity index (χ1n) is 7.39. The number of nitrogens with two attached hydrogens (primary N) is 1. The van der Waals surface area contributed by atoms with Crippen LogP contribution in [0.3, 0.4) is 0 Å². The quantitative estimate of drug-likeness (QED) is 0.536. The Hall–Kier alpha value is -1.40. The molecule has 0 saturated carbocycles. The summed E-state index contributed by atoms with van der Waals surface area (Å²) in [6.07, 6.45) is 3.85. The zero-order chi connectivity index (χ0) is 14.5. The average molecular weight is 279 g/mol. The number of hydrogen-bond donors (Lipinski definition) is 3. The second-order valence-electron chi connectivity index (χ2n) is 5.44. The summed E-state index contributed by atoms with van der Waals surface area (Å²) < 4.78 is 0. The Morgan fingerprint density at radius 3 is 2.90 bits per heavy atom. The molecule has 1 aromatic rings. The van der Waals surface area contributed by atoms with E-state index in [9.17, 15) is 0 Å². The second kappa shape index (κ2) is 6.85. The first-order chi connectivity index (χ1) is 9.69. The van der Waals surface area contributed by atoms with Gasteiger partial charge >= 0.3 is 0 Å². The van der Waals surface area contributed by atoms with E-state index >= 15 is 0 Å². The third-order valence-electron chi connectivity index (χ3n) is 3.90. The zero-order valence-electron chi connectivity index (χ0n) is 12.4. The number of aromatic nitrogens is 2. The van der Waals surface area contributed by atoms with Crippen molar-refractivity contribution in [1.29, 1.82) is 0 Å². The second-order valence-corrected chi connectivity index (χ2v) is 5.44.